The quantitative estimate of drug-likeness (QED) is 0.160. The molecule has 0 spiro atoms. The van der Waals surface area contributed by atoms with Crippen molar-refractivity contribution in [1.82, 2.24) is 4.48 Å². The van der Waals surface area contributed by atoms with Crippen molar-refractivity contribution in [2.45, 2.75) is 131 Å². The molecule has 3 heteroatoms. The Bertz CT molecular complexity index is 3550. The van der Waals surface area contributed by atoms with Crippen LogP contribution >= 0.6 is 0 Å². The maximum Gasteiger partial charge on any atom is 0.333 e. The maximum atomic E-state index is 2.75. The number of nitrogens with zero attached hydrogens (tertiary/aromatic N) is 2. The second-order valence-electron chi connectivity index (χ2n) is 25.6. The molecular weight excluding hydrogens is 832 g/mol. The van der Waals surface area contributed by atoms with Gasteiger partial charge in [0, 0.05) is 44.4 Å². The van der Waals surface area contributed by atoms with Crippen molar-refractivity contribution in [3.63, 3.8) is 0 Å². The number of hydrogen-bond acceptors (Lipinski definition) is 1. The average Bonchev–Trinajstić information content (AvgIpc) is 3.63. The van der Waals surface area contributed by atoms with E-state index >= 15 is 0 Å². The van der Waals surface area contributed by atoms with Gasteiger partial charge in [-0.3, -0.25) is 0 Å². The van der Waals surface area contributed by atoms with Crippen molar-refractivity contribution in [3.8, 4) is 33.4 Å². The summed E-state index contributed by atoms with van der Waals surface area (Å²) in [5.74, 6) is 0. The molecule has 11 rings (SSSR count). The van der Waals surface area contributed by atoms with Gasteiger partial charge in [0.05, 0.1) is 0 Å². The van der Waals surface area contributed by atoms with E-state index in [9.17, 15) is 0 Å². The van der Waals surface area contributed by atoms with Crippen LogP contribution in [0.1, 0.15) is 132 Å². The molecule has 0 N–H and O–H groups in total. The first-order chi connectivity index (χ1) is 32.4. The van der Waals surface area contributed by atoms with Gasteiger partial charge in [-0.1, -0.05) is 201 Å². The monoisotopic (exact) mass is 901 g/mol. The third kappa shape index (κ3) is 7.37. The fourth-order valence-corrected chi connectivity index (χ4v) is 11.3. The molecule has 0 unspecified atom stereocenters. The van der Waals surface area contributed by atoms with E-state index in [1.165, 1.54) is 122 Å². The fourth-order valence-electron chi connectivity index (χ4n) is 11.3. The number of anilines is 3. The molecular formula is C66H69BN2. The predicted octanol–water partition coefficient (Wildman–Crippen LogP) is 17.2. The smallest absolute Gasteiger partial charge is 0.333 e. The average molecular weight is 901 g/mol. The molecule has 2 aliphatic rings. The van der Waals surface area contributed by atoms with Gasteiger partial charge in [-0.25, -0.2) is 0 Å². The Morgan fingerprint density at radius 1 is 0.377 bits per heavy atom. The highest BCUT2D eigenvalue weighted by molar-refractivity contribution is 6.90. The molecule has 69 heavy (non-hydrogen) atoms. The van der Waals surface area contributed by atoms with Crippen LogP contribution in [-0.4, -0.2) is 11.3 Å². The van der Waals surface area contributed by atoms with E-state index in [2.05, 4.69) is 259 Å². The summed E-state index contributed by atoms with van der Waals surface area (Å²) in [5.41, 5.74) is 23.5. The van der Waals surface area contributed by atoms with Crippen molar-refractivity contribution in [2.75, 3.05) is 4.90 Å². The molecule has 8 aromatic carbocycles. The largest absolute Gasteiger partial charge is 0.375 e. The first-order valence-electron chi connectivity index (χ1n) is 25.4. The van der Waals surface area contributed by atoms with Gasteiger partial charge in [0.25, 0.3) is 0 Å². The Balaban J connectivity index is 1.26. The number of benzene rings is 8. The lowest BCUT2D eigenvalue weighted by Gasteiger charge is -2.42. The first-order valence-corrected chi connectivity index (χ1v) is 25.4. The lowest BCUT2D eigenvalue weighted by Crippen LogP contribution is -2.57. The van der Waals surface area contributed by atoms with Gasteiger partial charge in [0.2, 0.25) is 0 Å². The van der Waals surface area contributed by atoms with Gasteiger partial charge < -0.3 is 9.38 Å². The molecule has 0 bridgehead atoms. The molecule has 3 heterocycles. The van der Waals surface area contributed by atoms with Crippen molar-refractivity contribution >= 4 is 67.4 Å². The zero-order valence-electron chi connectivity index (χ0n) is 43.8. The summed E-state index contributed by atoms with van der Waals surface area (Å²) in [7, 11) is 0. The summed E-state index contributed by atoms with van der Waals surface area (Å²) in [6.45, 7) is 34.8. The van der Waals surface area contributed by atoms with Gasteiger partial charge >= 0.3 is 6.85 Å². The first kappa shape index (κ1) is 45.1. The van der Waals surface area contributed by atoms with Gasteiger partial charge in [-0.2, -0.15) is 0 Å². The van der Waals surface area contributed by atoms with E-state index in [0.29, 0.717) is 0 Å². The van der Waals surface area contributed by atoms with E-state index in [-0.39, 0.29) is 33.9 Å². The lowest BCUT2D eigenvalue weighted by atomic mass is 9.44. The van der Waals surface area contributed by atoms with Gasteiger partial charge in [-0.05, 0) is 153 Å². The molecule has 2 aliphatic heterocycles. The molecule has 0 radical (unpaired) electrons. The predicted molar refractivity (Wildman–Crippen MR) is 302 cm³/mol. The minimum Gasteiger partial charge on any atom is -0.375 e. The number of hydrogen-bond donors (Lipinski definition) is 0. The fraction of sp³-hybridized carbons (Fsp3) is 0.303. The van der Waals surface area contributed by atoms with Gasteiger partial charge in [0.15, 0.2) is 0 Å². The summed E-state index contributed by atoms with van der Waals surface area (Å²) < 4.78 is 2.75. The highest BCUT2D eigenvalue weighted by Gasteiger charge is 2.44. The number of fused-ring (bicyclic) bond motifs is 9. The Labute approximate surface area is 412 Å². The van der Waals surface area contributed by atoms with Crippen LogP contribution in [0, 0.1) is 0 Å². The van der Waals surface area contributed by atoms with Crippen LogP contribution in [-0.2, 0) is 27.1 Å². The molecule has 0 atom stereocenters. The number of aromatic nitrogens is 1. The Hall–Kier alpha value is -6.32. The van der Waals surface area contributed by atoms with E-state index in [4.69, 9.17) is 0 Å². The van der Waals surface area contributed by atoms with Crippen LogP contribution < -0.4 is 15.8 Å². The molecule has 0 saturated carbocycles. The van der Waals surface area contributed by atoms with Gasteiger partial charge in [-0.15, -0.1) is 0 Å². The van der Waals surface area contributed by atoms with Crippen LogP contribution in [0.15, 0.2) is 146 Å². The molecule has 2 nitrogen and oxygen atoms in total. The Morgan fingerprint density at radius 3 is 1.59 bits per heavy atom. The highest BCUT2D eigenvalue weighted by Crippen LogP contribution is 2.50. The van der Waals surface area contributed by atoms with Crippen LogP contribution in [0.4, 0.5) is 17.1 Å². The van der Waals surface area contributed by atoms with Crippen molar-refractivity contribution in [2.24, 2.45) is 0 Å². The van der Waals surface area contributed by atoms with E-state index in [0.717, 1.165) is 0 Å². The highest BCUT2D eigenvalue weighted by atomic mass is 15.2. The summed E-state index contributed by atoms with van der Waals surface area (Å²) in [5, 5.41) is 5.19. The molecule has 9 aromatic rings. The minimum absolute atomic E-state index is 0.0359. The molecule has 1 aromatic heterocycles. The summed E-state index contributed by atoms with van der Waals surface area (Å²) >= 11 is 0. The Kier molecular flexibility index (Phi) is 9.88. The number of rotatable bonds is 3. The molecule has 0 saturated heterocycles. The van der Waals surface area contributed by atoms with Crippen LogP contribution in [0.25, 0.3) is 66.0 Å². The topological polar surface area (TPSA) is 8.17 Å². The molecule has 346 valence electrons. The van der Waals surface area contributed by atoms with E-state index < -0.39 is 0 Å². The SMILES string of the molecule is CC(C)(C)c1ccc(-c2cc3c4c(c2)c2c5ccc(-c6cccc(C(C)(C)C)c6)cc5ccc2n4B2c4cc(C(C)(C)C)ccc4N(c4ccc(C(C)(C)C)cc4)c4cc(C(C)(C)C)cc-3c42)cc1. The second kappa shape index (κ2) is 15.1. The second-order valence-corrected chi connectivity index (χ2v) is 25.6. The molecule has 0 aliphatic carbocycles. The molecule has 0 fully saturated rings. The minimum atomic E-state index is -0.0941. The third-order valence-electron chi connectivity index (χ3n) is 15.5. The Morgan fingerprint density at radius 2 is 0.957 bits per heavy atom. The zero-order valence-corrected chi connectivity index (χ0v) is 43.8. The lowest BCUT2D eigenvalue weighted by molar-refractivity contribution is 0.589. The summed E-state index contributed by atoms with van der Waals surface area (Å²) in [4.78, 5) is 2.59. The zero-order chi connectivity index (χ0) is 48.9. The maximum absolute atomic E-state index is 2.75. The standard InChI is InChI=1S/C66H69BN2/c1-62(2,3)45-23-19-40(20-24-45)44-35-53-52-37-49(66(13,14)15)39-58-60(52)67(55-38-48(65(10,11)12)27-32-56(55)68(58)50-28-25-46(26-29-50)63(4,5)6)69-57-31-22-43-33-42(41-17-16-18-47(34-41)64(7,8)9)21-30-51(43)59(57)54(36-44)61(53)69/h16-39H,1-15H3. The molecule has 0 amide bonds. The van der Waals surface area contributed by atoms with Crippen LogP contribution in [0.2, 0.25) is 0 Å². The third-order valence-corrected chi connectivity index (χ3v) is 15.5. The van der Waals surface area contributed by atoms with Crippen LogP contribution in [0.5, 0.6) is 0 Å². The van der Waals surface area contributed by atoms with Crippen molar-refractivity contribution in [1.29, 1.82) is 0 Å². The van der Waals surface area contributed by atoms with E-state index in [1.807, 2.05) is 0 Å². The normalized spacial score (nSPS) is 14.0. The van der Waals surface area contributed by atoms with E-state index in [1.54, 1.807) is 0 Å². The van der Waals surface area contributed by atoms with Crippen molar-refractivity contribution in [3.05, 3.63) is 173 Å². The van der Waals surface area contributed by atoms with Crippen LogP contribution in [0.3, 0.4) is 0 Å². The van der Waals surface area contributed by atoms with Crippen molar-refractivity contribution < 1.29 is 0 Å². The summed E-state index contributed by atoms with van der Waals surface area (Å²) in [6, 6.07) is 57.4. The summed E-state index contributed by atoms with van der Waals surface area (Å²) in [6.07, 6.45) is 0. The van der Waals surface area contributed by atoms with Gasteiger partial charge in [0.1, 0.15) is 0 Å².